The molecule has 0 radical (unpaired) electrons. The maximum atomic E-state index is 12.6. The number of carbonyl (C=O) groups is 4. The Kier molecular flexibility index (Phi) is 13.6. The fourth-order valence-corrected chi connectivity index (χ4v) is 4.82. The molecule has 0 saturated heterocycles. The minimum atomic E-state index is -0.573. The van der Waals surface area contributed by atoms with E-state index in [1.807, 2.05) is 0 Å². The standard InChI is InChI=1S/C35H30Br2N4O8/c1-46-28-12-6-22(7-13-28)34(44)48-30-16-10-26(36)18-24(30)20-38-40-32(42)4-3-5-33(43)41-39-21-25-19-27(37)11-17-31(25)49-35(45)23-8-14-29(47-2)15-9-23/h6-21H,3-5H2,1-2H3,(H,40,42)(H,41,43)/b38-20-,39-21-. The van der Waals surface area contributed by atoms with Crippen LogP contribution in [0.5, 0.6) is 23.0 Å². The van der Waals surface area contributed by atoms with E-state index in [9.17, 15) is 19.2 Å². The molecule has 0 fully saturated rings. The van der Waals surface area contributed by atoms with E-state index in [1.165, 1.54) is 26.6 Å². The number of halogens is 2. The number of rotatable bonds is 14. The molecule has 0 saturated carbocycles. The quantitative estimate of drug-likeness (QED) is 0.0641. The molecule has 0 aliphatic carbocycles. The zero-order valence-electron chi connectivity index (χ0n) is 26.3. The lowest BCUT2D eigenvalue weighted by atomic mass is 10.2. The Balaban J connectivity index is 1.23. The summed E-state index contributed by atoms with van der Waals surface area (Å²) >= 11 is 6.75. The first-order chi connectivity index (χ1) is 23.6. The van der Waals surface area contributed by atoms with Crippen molar-refractivity contribution in [1.29, 1.82) is 0 Å². The van der Waals surface area contributed by atoms with Gasteiger partial charge in [-0.15, -0.1) is 0 Å². The highest BCUT2D eigenvalue weighted by atomic mass is 79.9. The third kappa shape index (κ3) is 11.4. The summed E-state index contributed by atoms with van der Waals surface area (Å²) < 4.78 is 22.7. The molecule has 0 spiro atoms. The van der Waals surface area contributed by atoms with Crippen molar-refractivity contribution in [2.24, 2.45) is 10.2 Å². The van der Waals surface area contributed by atoms with E-state index in [2.05, 4.69) is 52.9 Å². The number of amides is 2. The van der Waals surface area contributed by atoms with Crippen molar-refractivity contribution in [3.8, 4) is 23.0 Å². The van der Waals surface area contributed by atoms with Crippen LogP contribution in [0.3, 0.4) is 0 Å². The van der Waals surface area contributed by atoms with Gasteiger partial charge >= 0.3 is 11.9 Å². The Morgan fingerprint density at radius 1 is 0.612 bits per heavy atom. The average Bonchev–Trinajstić information content (AvgIpc) is 3.10. The number of methoxy groups -OCH3 is 2. The van der Waals surface area contributed by atoms with Crippen molar-refractivity contribution >= 4 is 68.0 Å². The van der Waals surface area contributed by atoms with Gasteiger partial charge in [0.1, 0.15) is 23.0 Å². The number of nitrogens with zero attached hydrogens (tertiary/aromatic N) is 2. The Labute approximate surface area is 298 Å². The van der Waals surface area contributed by atoms with Crippen LogP contribution in [0.15, 0.2) is 104 Å². The Morgan fingerprint density at radius 3 is 1.37 bits per heavy atom. The predicted molar refractivity (Wildman–Crippen MR) is 190 cm³/mol. The summed E-state index contributed by atoms with van der Waals surface area (Å²) in [6.45, 7) is 0. The SMILES string of the molecule is COc1ccc(C(=O)Oc2ccc(Br)cc2/C=N\NC(=O)CCCC(=O)N/N=C\c2cc(Br)ccc2OC(=O)c2ccc(OC)cc2)cc1. The highest BCUT2D eigenvalue weighted by Crippen LogP contribution is 2.25. The van der Waals surface area contributed by atoms with Crippen LogP contribution in [-0.4, -0.2) is 50.4 Å². The second-order valence-electron chi connectivity index (χ2n) is 10.0. The minimum absolute atomic E-state index is 0.0172. The van der Waals surface area contributed by atoms with Crippen molar-refractivity contribution in [2.45, 2.75) is 19.3 Å². The maximum Gasteiger partial charge on any atom is 0.343 e. The summed E-state index contributed by atoms with van der Waals surface area (Å²) in [6.07, 6.45) is 2.97. The fourth-order valence-electron chi connectivity index (χ4n) is 4.07. The lowest BCUT2D eigenvalue weighted by molar-refractivity contribution is -0.122. The molecule has 0 bridgehead atoms. The van der Waals surface area contributed by atoms with E-state index >= 15 is 0 Å². The van der Waals surface area contributed by atoms with Crippen LogP contribution < -0.4 is 29.8 Å². The van der Waals surface area contributed by atoms with Gasteiger partial charge in [0.25, 0.3) is 0 Å². The van der Waals surface area contributed by atoms with Crippen molar-refractivity contribution in [1.82, 2.24) is 10.9 Å². The summed E-state index contributed by atoms with van der Waals surface area (Å²) in [5.41, 5.74) is 6.36. The summed E-state index contributed by atoms with van der Waals surface area (Å²) in [4.78, 5) is 49.9. The maximum absolute atomic E-state index is 12.6. The van der Waals surface area contributed by atoms with E-state index in [1.54, 1.807) is 84.9 Å². The molecule has 49 heavy (non-hydrogen) atoms. The molecule has 4 aromatic rings. The van der Waals surface area contributed by atoms with Gasteiger partial charge in [0.15, 0.2) is 0 Å². The topological polar surface area (TPSA) is 154 Å². The number of hydrazone groups is 2. The number of esters is 2. The van der Waals surface area contributed by atoms with Gasteiger partial charge in [-0.1, -0.05) is 31.9 Å². The van der Waals surface area contributed by atoms with Gasteiger partial charge in [0, 0.05) is 32.9 Å². The molecule has 0 aliphatic rings. The molecule has 0 aliphatic heterocycles. The molecular formula is C35H30Br2N4O8. The molecule has 252 valence electrons. The molecule has 14 heteroatoms. The highest BCUT2D eigenvalue weighted by Gasteiger charge is 2.14. The number of carbonyl (C=O) groups excluding carboxylic acids is 4. The molecule has 0 heterocycles. The molecule has 2 amide bonds. The van der Waals surface area contributed by atoms with E-state index in [4.69, 9.17) is 18.9 Å². The lowest BCUT2D eigenvalue weighted by Crippen LogP contribution is -2.20. The lowest BCUT2D eigenvalue weighted by Gasteiger charge is -2.09. The second-order valence-corrected chi connectivity index (χ2v) is 11.9. The average molecular weight is 794 g/mol. The number of benzene rings is 4. The van der Waals surface area contributed by atoms with Crippen molar-refractivity contribution < 1.29 is 38.1 Å². The van der Waals surface area contributed by atoms with Crippen LogP contribution in [0.1, 0.15) is 51.1 Å². The summed E-state index contributed by atoms with van der Waals surface area (Å²) in [7, 11) is 3.06. The summed E-state index contributed by atoms with van der Waals surface area (Å²) in [6, 6.07) is 22.9. The first-order valence-corrected chi connectivity index (χ1v) is 16.2. The monoisotopic (exact) mass is 792 g/mol. The van der Waals surface area contributed by atoms with Crippen LogP contribution in [0.4, 0.5) is 0 Å². The van der Waals surface area contributed by atoms with Crippen LogP contribution in [0, 0.1) is 0 Å². The number of ether oxygens (including phenoxy) is 4. The van der Waals surface area contributed by atoms with Gasteiger partial charge in [-0.2, -0.15) is 10.2 Å². The molecule has 4 rings (SSSR count). The van der Waals surface area contributed by atoms with Crippen LogP contribution >= 0.6 is 31.9 Å². The highest BCUT2D eigenvalue weighted by molar-refractivity contribution is 9.10. The van der Waals surface area contributed by atoms with Crippen LogP contribution in [0.2, 0.25) is 0 Å². The Morgan fingerprint density at radius 2 is 1.00 bits per heavy atom. The third-order valence-corrected chi connectivity index (χ3v) is 7.58. The van der Waals surface area contributed by atoms with Crippen molar-refractivity contribution in [3.63, 3.8) is 0 Å². The largest absolute Gasteiger partial charge is 0.497 e. The number of hydrogen-bond donors (Lipinski definition) is 2. The molecule has 12 nitrogen and oxygen atoms in total. The van der Waals surface area contributed by atoms with Crippen molar-refractivity contribution in [2.75, 3.05) is 14.2 Å². The minimum Gasteiger partial charge on any atom is -0.497 e. The predicted octanol–water partition coefficient (Wildman–Crippen LogP) is 6.44. The molecular weight excluding hydrogens is 764 g/mol. The van der Waals surface area contributed by atoms with Gasteiger partial charge in [0.05, 0.1) is 37.8 Å². The Hall–Kier alpha value is -5.34. The third-order valence-electron chi connectivity index (χ3n) is 6.59. The zero-order chi connectivity index (χ0) is 35.2. The summed E-state index contributed by atoms with van der Waals surface area (Å²) in [5, 5.41) is 7.93. The van der Waals surface area contributed by atoms with E-state index in [0.29, 0.717) is 42.7 Å². The first kappa shape index (κ1) is 36.5. The second kappa shape index (κ2) is 18.3. The van der Waals surface area contributed by atoms with E-state index < -0.39 is 23.8 Å². The molecule has 4 aromatic carbocycles. The number of nitrogens with one attached hydrogen (secondary N) is 2. The van der Waals surface area contributed by atoms with Gasteiger partial charge in [-0.25, -0.2) is 20.4 Å². The smallest absolute Gasteiger partial charge is 0.343 e. The Bertz CT molecular complexity index is 1730. The van der Waals surface area contributed by atoms with E-state index in [0.717, 1.165) is 0 Å². The first-order valence-electron chi connectivity index (χ1n) is 14.6. The van der Waals surface area contributed by atoms with Gasteiger partial charge in [-0.3, -0.25) is 9.59 Å². The number of hydrogen-bond acceptors (Lipinski definition) is 10. The molecule has 0 aromatic heterocycles. The van der Waals surface area contributed by atoms with Gasteiger partial charge < -0.3 is 18.9 Å². The summed E-state index contributed by atoms with van der Waals surface area (Å²) in [5.74, 6) is -0.289. The van der Waals surface area contributed by atoms with Gasteiger partial charge in [-0.05, 0) is 91.3 Å². The fraction of sp³-hybridized carbons (Fsp3) is 0.143. The normalized spacial score (nSPS) is 10.9. The van der Waals surface area contributed by atoms with E-state index in [-0.39, 0.29) is 30.8 Å². The van der Waals surface area contributed by atoms with Crippen LogP contribution in [0.25, 0.3) is 0 Å². The molecule has 0 atom stereocenters. The zero-order valence-corrected chi connectivity index (χ0v) is 29.4. The van der Waals surface area contributed by atoms with Crippen molar-refractivity contribution in [3.05, 3.63) is 116 Å². The van der Waals surface area contributed by atoms with Gasteiger partial charge in [0.2, 0.25) is 11.8 Å². The van der Waals surface area contributed by atoms with Crippen LogP contribution in [-0.2, 0) is 9.59 Å². The molecule has 0 unspecified atom stereocenters. The molecule has 2 N–H and O–H groups in total.